The van der Waals surface area contributed by atoms with Gasteiger partial charge in [0.25, 0.3) is 0 Å². The van der Waals surface area contributed by atoms with Gasteiger partial charge >= 0.3 is 6.03 Å². The molecule has 3 heterocycles. The molecule has 0 unspecified atom stereocenters. The molecule has 36 heavy (non-hydrogen) atoms. The van der Waals surface area contributed by atoms with Crippen molar-refractivity contribution in [1.29, 1.82) is 0 Å². The molecule has 0 atom stereocenters. The van der Waals surface area contributed by atoms with Gasteiger partial charge in [0, 0.05) is 44.9 Å². The van der Waals surface area contributed by atoms with Crippen LogP contribution >= 0.6 is 0 Å². The number of carbonyl (C=O) groups excluding carboxylic acids is 1. The third kappa shape index (κ3) is 6.36. The van der Waals surface area contributed by atoms with Gasteiger partial charge in [-0.05, 0) is 18.2 Å². The van der Waals surface area contributed by atoms with Crippen LogP contribution in [0.15, 0.2) is 36.7 Å². The van der Waals surface area contributed by atoms with Crippen molar-refractivity contribution in [3.05, 3.63) is 48.3 Å². The predicted octanol–water partition coefficient (Wildman–Crippen LogP) is 5.28. The fraction of sp³-hybridized carbons (Fsp3) is 0.417. The van der Waals surface area contributed by atoms with Crippen LogP contribution in [0.25, 0.3) is 11.0 Å². The predicted molar refractivity (Wildman–Crippen MR) is 132 cm³/mol. The molecule has 8 nitrogen and oxygen atoms in total. The fourth-order valence-corrected chi connectivity index (χ4v) is 4.24. The van der Waals surface area contributed by atoms with E-state index in [-0.39, 0.29) is 31.2 Å². The van der Waals surface area contributed by atoms with Crippen molar-refractivity contribution in [3.63, 3.8) is 0 Å². The summed E-state index contributed by atoms with van der Waals surface area (Å²) in [5, 5.41) is 5.16. The molecule has 0 spiro atoms. The van der Waals surface area contributed by atoms with Crippen molar-refractivity contribution >= 4 is 30.8 Å². The SMILES string of the molecule is C[Si](C)(C)CCOCn1ccc2c(Oc3c(F)cc(NC(=O)NCC4(F)COC4)cc3F)ccnc21. The minimum absolute atomic E-state index is 0.111. The lowest BCUT2D eigenvalue weighted by Gasteiger charge is -2.33. The number of amides is 2. The molecule has 4 rings (SSSR count). The molecule has 0 saturated carbocycles. The van der Waals surface area contributed by atoms with Crippen LogP contribution in [0.2, 0.25) is 25.7 Å². The van der Waals surface area contributed by atoms with Gasteiger partial charge in [0.05, 0.1) is 25.1 Å². The molecule has 0 aliphatic carbocycles. The number of pyridine rings is 1. The van der Waals surface area contributed by atoms with Crippen LogP contribution in [0.4, 0.5) is 23.7 Å². The summed E-state index contributed by atoms with van der Waals surface area (Å²) in [5.41, 5.74) is -1.21. The summed E-state index contributed by atoms with van der Waals surface area (Å²) < 4.78 is 61.3. The Morgan fingerprint density at radius 3 is 2.58 bits per heavy atom. The highest BCUT2D eigenvalue weighted by atomic mass is 28.3. The van der Waals surface area contributed by atoms with Crippen molar-refractivity contribution in [3.8, 4) is 11.5 Å². The number of carbonyl (C=O) groups is 1. The lowest BCUT2D eigenvalue weighted by Crippen LogP contribution is -2.54. The second-order valence-electron chi connectivity index (χ2n) is 10.0. The van der Waals surface area contributed by atoms with Crippen LogP contribution in [0.1, 0.15) is 0 Å². The molecule has 1 aliphatic heterocycles. The third-order valence-electron chi connectivity index (χ3n) is 5.60. The van der Waals surface area contributed by atoms with E-state index in [1.54, 1.807) is 16.8 Å². The van der Waals surface area contributed by atoms with Crippen molar-refractivity contribution in [2.45, 2.75) is 38.1 Å². The maximum Gasteiger partial charge on any atom is 0.319 e. The molecule has 2 aromatic heterocycles. The Hall–Kier alpha value is -3.09. The van der Waals surface area contributed by atoms with E-state index >= 15 is 0 Å². The summed E-state index contributed by atoms with van der Waals surface area (Å²) >= 11 is 0. The quantitative estimate of drug-likeness (QED) is 0.280. The van der Waals surface area contributed by atoms with Crippen LogP contribution in [0, 0.1) is 11.6 Å². The standard InChI is InChI=1S/C24H29F3N4O4Si/c1-36(2,3)9-8-33-15-31-7-5-17-20(4-6-28-22(17)31)35-21-18(25)10-16(11-19(21)26)30-23(32)29-12-24(27)13-34-14-24/h4-7,10-11H,8-9,12-15H2,1-3H3,(H2,29,30,32). The van der Waals surface area contributed by atoms with Crippen LogP contribution < -0.4 is 15.4 Å². The molecule has 194 valence electrons. The first-order valence-electron chi connectivity index (χ1n) is 11.5. The minimum Gasteiger partial charge on any atom is -0.450 e. The molecule has 2 N–H and O–H groups in total. The summed E-state index contributed by atoms with van der Waals surface area (Å²) in [6, 6.07) is 5.33. The smallest absolute Gasteiger partial charge is 0.319 e. The van der Waals surface area contributed by atoms with Crippen molar-refractivity contribution in [2.75, 3.05) is 31.7 Å². The number of hydrogen-bond acceptors (Lipinski definition) is 5. The maximum atomic E-state index is 14.7. The number of urea groups is 1. The van der Waals surface area contributed by atoms with Crippen molar-refractivity contribution in [1.82, 2.24) is 14.9 Å². The number of nitrogens with one attached hydrogen (secondary N) is 2. The van der Waals surface area contributed by atoms with E-state index in [1.165, 1.54) is 12.3 Å². The zero-order valence-corrected chi connectivity index (χ0v) is 21.4. The van der Waals surface area contributed by atoms with E-state index in [0.717, 1.165) is 18.2 Å². The summed E-state index contributed by atoms with van der Waals surface area (Å²) in [6.07, 6.45) is 3.26. The van der Waals surface area contributed by atoms with Crippen molar-refractivity contribution < 1.29 is 32.2 Å². The zero-order chi connectivity index (χ0) is 25.9. The highest BCUT2D eigenvalue weighted by Gasteiger charge is 2.39. The average Bonchev–Trinajstić information content (AvgIpc) is 3.20. The first-order valence-corrected chi connectivity index (χ1v) is 15.2. The Bertz CT molecular complexity index is 1220. The van der Waals surface area contributed by atoms with E-state index < -0.39 is 37.2 Å². The van der Waals surface area contributed by atoms with Gasteiger partial charge < -0.3 is 29.4 Å². The number of halogens is 3. The Labute approximate surface area is 207 Å². The topological polar surface area (TPSA) is 86.6 Å². The number of hydrogen-bond donors (Lipinski definition) is 2. The molecule has 3 aromatic rings. The summed E-state index contributed by atoms with van der Waals surface area (Å²) in [7, 11) is -1.21. The van der Waals surface area contributed by atoms with E-state index in [0.29, 0.717) is 24.4 Å². The number of benzene rings is 1. The summed E-state index contributed by atoms with van der Waals surface area (Å²) in [6.45, 7) is 7.26. The Balaban J connectivity index is 1.42. The number of fused-ring (bicyclic) bond motifs is 1. The average molecular weight is 523 g/mol. The van der Waals surface area contributed by atoms with Crippen LogP contribution in [-0.4, -0.2) is 55.7 Å². The third-order valence-corrected chi connectivity index (χ3v) is 7.31. The number of aromatic nitrogens is 2. The largest absolute Gasteiger partial charge is 0.450 e. The number of nitrogens with zero attached hydrogens (tertiary/aromatic N) is 2. The van der Waals surface area contributed by atoms with Gasteiger partial charge in [0.2, 0.25) is 0 Å². The van der Waals surface area contributed by atoms with Gasteiger partial charge in [-0.3, -0.25) is 0 Å². The summed E-state index contributed by atoms with van der Waals surface area (Å²) in [5.74, 6) is -2.44. The maximum absolute atomic E-state index is 14.7. The Morgan fingerprint density at radius 2 is 1.94 bits per heavy atom. The second-order valence-corrected chi connectivity index (χ2v) is 15.6. The molecule has 1 saturated heterocycles. The molecule has 0 radical (unpaired) electrons. The molecule has 0 bridgehead atoms. The van der Waals surface area contributed by atoms with Gasteiger partial charge in [-0.1, -0.05) is 19.6 Å². The molecule has 1 aliphatic rings. The molecular weight excluding hydrogens is 493 g/mol. The monoisotopic (exact) mass is 522 g/mol. The normalized spacial score (nSPS) is 14.9. The van der Waals surface area contributed by atoms with Gasteiger partial charge in [-0.2, -0.15) is 0 Å². The number of alkyl halides is 1. The van der Waals surface area contributed by atoms with E-state index in [2.05, 4.69) is 35.3 Å². The van der Waals surface area contributed by atoms with Crippen LogP contribution in [0.5, 0.6) is 11.5 Å². The first-order chi connectivity index (χ1) is 17.0. The van der Waals surface area contributed by atoms with E-state index in [1.807, 2.05) is 0 Å². The van der Waals surface area contributed by atoms with E-state index in [4.69, 9.17) is 14.2 Å². The molecule has 12 heteroatoms. The highest BCUT2D eigenvalue weighted by Crippen LogP contribution is 2.34. The highest BCUT2D eigenvalue weighted by molar-refractivity contribution is 6.76. The van der Waals surface area contributed by atoms with Gasteiger partial charge in [0.15, 0.2) is 23.1 Å². The molecule has 1 aromatic carbocycles. The van der Waals surface area contributed by atoms with Gasteiger partial charge in [0.1, 0.15) is 18.1 Å². The van der Waals surface area contributed by atoms with Crippen LogP contribution in [0.3, 0.4) is 0 Å². The van der Waals surface area contributed by atoms with E-state index in [9.17, 15) is 18.0 Å². The Kier molecular flexibility index (Phi) is 7.57. The first kappa shape index (κ1) is 26.0. The van der Waals surface area contributed by atoms with Gasteiger partial charge in [-0.15, -0.1) is 0 Å². The minimum atomic E-state index is -1.62. The molecule has 1 fully saturated rings. The Morgan fingerprint density at radius 1 is 1.22 bits per heavy atom. The fourth-order valence-electron chi connectivity index (χ4n) is 3.48. The number of anilines is 1. The van der Waals surface area contributed by atoms with Crippen molar-refractivity contribution in [2.24, 2.45) is 0 Å². The number of ether oxygens (including phenoxy) is 3. The van der Waals surface area contributed by atoms with Crippen LogP contribution in [-0.2, 0) is 16.2 Å². The number of rotatable bonds is 10. The zero-order valence-electron chi connectivity index (χ0n) is 20.4. The van der Waals surface area contributed by atoms with Gasteiger partial charge in [-0.25, -0.2) is 22.9 Å². The second kappa shape index (κ2) is 10.5. The molecular formula is C24H29F3N4O4Si. The molecule has 2 amide bonds. The summed E-state index contributed by atoms with van der Waals surface area (Å²) in [4.78, 5) is 16.3. The lowest BCUT2D eigenvalue weighted by molar-refractivity contribution is -0.125. The lowest BCUT2D eigenvalue weighted by atomic mass is 10.1.